The van der Waals surface area contributed by atoms with E-state index in [1.807, 2.05) is 13.8 Å². The van der Waals surface area contributed by atoms with E-state index in [0.717, 1.165) is 0 Å². The summed E-state index contributed by atoms with van der Waals surface area (Å²) in [5.74, 6) is 2.99. The molecule has 0 amide bonds. The van der Waals surface area contributed by atoms with Crippen molar-refractivity contribution < 1.29 is 14.0 Å². The molecule has 0 aliphatic heterocycles. The number of ether oxygens (including phenoxy) is 1. The van der Waals surface area contributed by atoms with Crippen molar-refractivity contribution in [3.63, 3.8) is 0 Å². The first kappa shape index (κ1) is 22.4. The van der Waals surface area contributed by atoms with Crippen LogP contribution in [0.15, 0.2) is 0 Å². The van der Waals surface area contributed by atoms with Crippen LogP contribution < -0.4 is 0 Å². The minimum atomic E-state index is -1.92. The second-order valence-corrected chi connectivity index (χ2v) is 18.5. The second-order valence-electron chi connectivity index (χ2n) is 8.97. The molecule has 0 aromatic rings. The molecule has 0 N–H and O–H groups in total. The topological polar surface area (TPSA) is 35.5 Å². The third-order valence-electron chi connectivity index (χ3n) is 4.22. The van der Waals surface area contributed by atoms with E-state index in [1.54, 1.807) is 0 Å². The minimum absolute atomic E-state index is 0.0367. The first-order chi connectivity index (χ1) is 10.1. The average molecular weight is 357 g/mol. The van der Waals surface area contributed by atoms with Crippen LogP contribution in [-0.4, -0.2) is 34.6 Å². The molecule has 0 rings (SSSR count). The lowest BCUT2D eigenvalue weighted by Crippen LogP contribution is -2.48. The summed E-state index contributed by atoms with van der Waals surface area (Å²) in [6, 6.07) is 0. The van der Waals surface area contributed by atoms with Gasteiger partial charge in [-0.15, -0.1) is 11.5 Å². The summed E-state index contributed by atoms with van der Waals surface area (Å²) in [4.78, 5) is 11.5. The van der Waals surface area contributed by atoms with Gasteiger partial charge in [0.2, 0.25) is 0 Å². The molecule has 0 aromatic heterocycles. The second kappa shape index (κ2) is 8.00. The van der Waals surface area contributed by atoms with Gasteiger partial charge >= 0.3 is 5.97 Å². The molecule has 3 nitrogen and oxygen atoms in total. The quantitative estimate of drug-likeness (QED) is 0.401. The Morgan fingerprint density at radius 3 is 1.87 bits per heavy atom. The highest BCUT2D eigenvalue weighted by molar-refractivity contribution is 6.83. The predicted octanol–water partition coefficient (Wildman–Crippen LogP) is 4.85. The molecule has 0 fully saturated rings. The van der Waals surface area contributed by atoms with Gasteiger partial charge in [-0.25, -0.2) is 0 Å². The molecule has 0 aromatic carbocycles. The van der Waals surface area contributed by atoms with Crippen molar-refractivity contribution in [3.05, 3.63) is 0 Å². The molecule has 0 radical (unpaired) electrons. The van der Waals surface area contributed by atoms with Crippen molar-refractivity contribution in [2.45, 2.75) is 91.5 Å². The maximum absolute atomic E-state index is 11.5. The molecular weight excluding hydrogens is 320 g/mol. The van der Waals surface area contributed by atoms with Crippen molar-refractivity contribution >= 4 is 22.4 Å². The van der Waals surface area contributed by atoms with E-state index >= 15 is 0 Å². The molecule has 0 spiro atoms. The maximum atomic E-state index is 11.5. The van der Waals surface area contributed by atoms with Crippen molar-refractivity contribution in [1.82, 2.24) is 0 Å². The Kier molecular flexibility index (Phi) is 7.80. The van der Waals surface area contributed by atoms with Gasteiger partial charge in [-0.2, -0.15) is 0 Å². The number of hydrogen-bond donors (Lipinski definition) is 0. The van der Waals surface area contributed by atoms with E-state index in [1.165, 1.54) is 6.92 Å². The summed E-state index contributed by atoms with van der Waals surface area (Å²) >= 11 is 0. The maximum Gasteiger partial charge on any atom is 0.303 e. The number of carbonyl (C=O) groups excluding carboxylic acids is 1. The predicted molar refractivity (Wildman–Crippen MR) is 104 cm³/mol. The zero-order chi connectivity index (χ0) is 18.6. The van der Waals surface area contributed by atoms with Gasteiger partial charge in [0, 0.05) is 6.92 Å². The van der Waals surface area contributed by atoms with Crippen LogP contribution in [0.25, 0.3) is 0 Å². The normalized spacial score (nSPS) is 16.8. The van der Waals surface area contributed by atoms with Crippen molar-refractivity contribution in [1.29, 1.82) is 0 Å². The molecular formula is C18H36O3Si2. The summed E-state index contributed by atoms with van der Waals surface area (Å²) in [6.45, 7) is 23.2. The van der Waals surface area contributed by atoms with Crippen LogP contribution in [0.2, 0.25) is 37.8 Å². The van der Waals surface area contributed by atoms with Crippen LogP contribution in [0.5, 0.6) is 0 Å². The zero-order valence-corrected chi connectivity index (χ0v) is 19.0. The highest BCUT2D eigenvalue weighted by Gasteiger charge is 2.41. The Bertz CT molecular complexity index is 461. The van der Waals surface area contributed by atoms with Gasteiger partial charge in [0.05, 0.1) is 12.0 Å². The SMILES string of the molecule is CC(=O)O[C@H]([C@H](C)O[Si](C)(C)C(C)(C)C)[C@@H](C)C#C[Si](C)(C)C. The lowest BCUT2D eigenvalue weighted by molar-refractivity contribution is -0.153. The monoisotopic (exact) mass is 356 g/mol. The molecule has 23 heavy (non-hydrogen) atoms. The van der Waals surface area contributed by atoms with E-state index in [4.69, 9.17) is 9.16 Å². The van der Waals surface area contributed by atoms with E-state index in [2.05, 4.69) is 65.0 Å². The van der Waals surface area contributed by atoms with Crippen LogP contribution in [0.3, 0.4) is 0 Å². The third kappa shape index (κ3) is 8.19. The van der Waals surface area contributed by atoms with E-state index < -0.39 is 16.4 Å². The van der Waals surface area contributed by atoms with Gasteiger partial charge in [-0.05, 0) is 32.0 Å². The number of hydrogen-bond acceptors (Lipinski definition) is 3. The molecule has 0 unspecified atom stereocenters. The van der Waals surface area contributed by atoms with Crippen molar-refractivity contribution in [2.24, 2.45) is 5.92 Å². The van der Waals surface area contributed by atoms with E-state index in [0.29, 0.717) is 0 Å². The van der Waals surface area contributed by atoms with Gasteiger partial charge in [-0.3, -0.25) is 4.79 Å². The fourth-order valence-corrected chi connectivity index (χ4v) is 3.99. The van der Waals surface area contributed by atoms with Gasteiger partial charge in [0.15, 0.2) is 8.32 Å². The third-order valence-corrected chi connectivity index (χ3v) is 9.69. The van der Waals surface area contributed by atoms with Crippen LogP contribution in [-0.2, 0) is 14.0 Å². The Balaban J connectivity index is 5.31. The molecule has 0 saturated carbocycles. The van der Waals surface area contributed by atoms with Gasteiger partial charge < -0.3 is 9.16 Å². The summed E-state index contributed by atoms with van der Waals surface area (Å²) in [6.07, 6.45) is -0.490. The summed E-state index contributed by atoms with van der Waals surface area (Å²) in [7, 11) is -3.37. The summed E-state index contributed by atoms with van der Waals surface area (Å²) < 4.78 is 12.0. The fraction of sp³-hybridized carbons (Fsp3) is 0.833. The smallest absolute Gasteiger partial charge is 0.303 e. The number of carbonyl (C=O) groups is 1. The Morgan fingerprint density at radius 2 is 1.52 bits per heavy atom. The molecule has 5 heteroatoms. The van der Waals surface area contributed by atoms with Gasteiger partial charge in [0.1, 0.15) is 14.2 Å². The summed E-state index contributed by atoms with van der Waals surface area (Å²) in [5, 5.41) is 0.120. The molecule has 0 bridgehead atoms. The summed E-state index contributed by atoms with van der Waals surface area (Å²) in [5.41, 5.74) is 3.38. The highest BCUT2D eigenvalue weighted by Crippen LogP contribution is 2.38. The average Bonchev–Trinajstić information content (AvgIpc) is 2.29. The standard InChI is InChI=1S/C18H36O3Si2/c1-14(12-13-22(7,8)9)17(20-16(3)19)15(2)21-23(10,11)18(4,5)6/h14-15,17H,1-11H3/t14-,15-,17-/m0/s1. The lowest BCUT2D eigenvalue weighted by Gasteiger charge is -2.40. The number of esters is 1. The highest BCUT2D eigenvalue weighted by atomic mass is 28.4. The Hall–Kier alpha value is -0.576. The molecule has 134 valence electrons. The van der Waals surface area contributed by atoms with Crippen LogP contribution in [0.1, 0.15) is 41.5 Å². The molecule has 0 aliphatic carbocycles. The first-order valence-corrected chi connectivity index (χ1v) is 14.9. The zero-order valence-electron chi connectivity index (χ0n) is 17.0. The Labute approximate surface area is 145 Å². The van der Waals surface area contributed by atoms with Crippen molar-refractivity contribution in [2.75, 3.05) is 0 Å². The van der Waals surface area contributed by atoms with Gasteiger partial charge in [0.25, 0.3) is 0 Å². The molecule has 0 saturated heterocycles. The van der Waals surface area contributed by atoms with Gasteiger partial charge in [-0.1, -0.05) is 40.4 Å². The minimum Gasteiger partial charge on any atom is -0.459 e. The molecule has 0 heterocycles. The van der Waals surface area contributed by atoms with Crippen LogP contribution in [0, 0.1) is 17.4 Å². The van der Waals surface area contributed by atoms with Crippen molar-refractivity contribution in [3.8, 4) is 11.5 Å². The van der Waals surface area contributed by atoms with Crippen LogP contribution in [0.4, 0.5) is 0 Å². The number of rotatable bonds is 5. The molecule has 3 atom stereocenters. The fourth-order valence-electron chi connectivity index (χ4n) is 1.92. The first-order valence-electron chi connectivity index (χ1n) is 8.44. The molecule has 0 aliphatic rings. The van der Waals surface area contributed by atoms with E-state index in [9.17, 15) is 4.79 Å². The lowest BCUT2D eigenvalue weighted by atomic mass is 10.0. The van der Waals surface area contributed by atoms with E-state index in [-0.39, 0.29) is 29.1 Å². The largest absolute Gasteiger partial charge is 0.459 e. The Morgan fingerprint density at radius 1 is 1.04 bits per heavy atom. The van der Waals surface area contributed by atoms with Crippen LogP contribution >= 0.6 is 0 Å².